The van der Waals surface area contributed by atoms with E-state index in [0.717, 1.165) is 0 Å². The van der Waals surface area contributed by atoms with Crippen LogP contribution in [0.1, 0.15) is 11.6 Å². The Kier molecular flexibility index (Phi) is 3.03. The molecule has 0 saturated carbocycles. The molecule has 1 atom stereocenters. The molecule has 12 heavy (non-hydrogen) atoms. The molecule has 0 spiro atoms. The molecule has 0 fully saturated rings. The summed E-state index contributed by atoms with van der Waals surface area (Å²) >= 11 is 5.45. The second-order valence-electron chi connectivity index (χ2n) is 2.46. The van der Waals surface area contributed by atoms with Gasteiger partial charge in [0.2, 0.25) is 0 Å². The lowest BCUT2D eigenvalue weighted by Crippen LogP contribution is -2.14. The molecule has 4 heteroatoms. The molecule has 0 aliphatic heterocycles. The number of nitrogens with two attached hydrogens (primary N) is 1. The van der Waals surface area contributed by atoms with Crippen molar-refractivity contribution in [3.63, 3.8) is 0 Å². The van der Waals surface area contributed by atoms with E-state index in [1.54, 1.807) is 6.07 Å². The standard InChI is InChI=1S/C8H9ClFNO/c9-6-2-1-5(3-7(6)10)8(11)4-12/h1-3,8,12H,4,11H2/t8-/m0/s1. The average molecular weight is 190 g/mol. The van der Waals surface area contributed by atoms with E-state index in [4.69, 9.17) is 22.4 Å². The monoisotopic (exact) mass is 189 g/mol. The predicted octanol–water partition coefficient (Wildman–Crippen LogP) is 1.47. The molecule has 1 aromatic rings. The average Bonchev–Trinajstić information content (AvgIpc) is 2.08. The van der Waals surface area contributed by atoms with E-state index in [2.05, 4.69) is 0 Å². The van der Waals surface area contributed by atoms with Crippen LogP contribution in [-0.2, 0) is 0 Å². The van der Waals surface area contributed by atoms with Crippen molar-refractivity contribution in [1.82, 2.24) is 0 Å². The lowest BCUT2D eigenvalue weighted by molar-refractivity contribution is 0.268. The van der Waals surface area contributed by atoms with Gasteiger partial charge in [-0.15, -0.1) is 0 Å². The van der Waals surface area contributed by atoms with E-state index in [-0.39, 0.29) is 11.6 Å². The van der Waals surface area contributed by atoms with Gasteiger partial charge in [0.1, 0.15) is 5.82 Å². The van der Waals surface area contributed by atoms with Crippen molar-refractivity contribution >= 4 is 11.6 Å². The normalized spacial score (nSPS) is 13.0. The van der Waals surface area contributed by atoms with Crippen molar-refractivity contribution in [3.05, 3.63) is 34.6 Å². The predicted molar refractivity (Wildman–Crippen MR) is 45.4 cm³/mol. The fraction of sp³-hybridized carbons (Fsp3) is 0.250. The molecular weight excluding hydrogens is 181 g/mol. The van der Waals surface area contributed by atoms with Gasteiger partial charge in [0, 0.05) is 0 Å². The molecule has 0 amide bonds. The summed E-state index contributed by atoms with van der Waals surface area (Å²) in [4.78, 5) is 0. The van der Waals surface area contributed by atoms with E-state index in [1.165, 1.54) is 12.1 Å². The molecule has 66 valence electrons. The fourth-order valence-corrected chi connectivity index (χ4v) is 0.966. The van der Waals surface area contributed by atoms with E-state index >= 15 is 0 Å². The van der Waals surface area contributed by atoms with Gasteiger partial charge in [-0.05, 0) is 17.7 Å². The summed E-state index contributed by atoms with van der Waals surface area (Å²) in [7, 11) is 0. The van der Waals surface area contributed by atoms with Gasteiger partial charge in [-0.25, -0.2) is 4.39 Å². The Balaban J connectivity index is 2.96. The maximum Gasteiger partial charge on any atom is 0.142 e. The highest BCUT2D eigenvalue weighted by molar-refractivity contribution is 6.30. The van der Waals surface area contributed by atoms with Crippen LogP contribution in [0.3, 0.4) is 0 Å². The summed E-state index contributed by atoms with van der Waals surface area (Å²) in [6.07, 6.45) is 0. The highest BCUT2D eigenvalue weighted by Gasteiger charge is 2.06. The maximum atomic E-state index is 12.8. The summed E-state index contributed by atoms with van der Waals surface area (Å²) in [6.45, 7) is -0.207. The molecular formula is C8H9ClFNO. The van der Waals surface area contributed by atoms with E-state index < -0.39 is 11.9 Å². The summed E-state index contributed by atoms with van der Waals surface area (Å²) in [5.74, 6) is -0.516. The molecule has 3 N–H and O–H groups in total. The van der Waals surface area contributed by atoms with Crippen LogP contribution in [0.4, 0.5) is 4.39 Å². The summed E-state index contributed by atoms with van der Waals surface area (Å²) in [6, 6.07) is 3.69. The Bertz CT molecular complexity index is 280. The SMILES string of the molecule is N[C@@H](CO)c1ccc(Cl)c(F)c1. The quantitative estimate of drug-likeness (QED) is 0.740. The topological polar surface area (TPSA) is 46.2 Å². The van der Waals surface area contributed by atoms with Gasteiger partial charge in [-0.3, -0.25) is 0 Å². The Labute approximate surface area is 74.8 Å². The maximum absolute atomic E-state index is 12.8. The van der Waals surface area contributed by atoms with Gasteiger partial charge < -0.3 is 10.8 Å². The molecule has 0 aliphatic rings. The molecule has 0 aromatic heterocycles. The number of rotatable bonds is 2. The molecule has 0 heterocycles. The molecule has 1 rings (SSSR count). The minimum Gasteiger partial charge on any atom is -0.394 e. The van der Waals surface area contributed by atoms with Gasteiger partial charge in [0.05, 0.1) is 17.7 Å². The van der Waals surface area contributed by atoms with Crippen LogP contribution in [0.15, 0.2) is 18.2 Å². The van der Waals surface area contributed by atoms with Crippen molar-refractivity contribution in [1.29, 1.82) is 0 Å². The third-order valence-corrected chi connectivity index (χ3v) is 1.88. The van der Waals surface area contributed by atoms with Crippen LogP contribution in [0.2, 0.25) is 5.02 Å². The summed E-state index contributed by atoms with van der Waals surface area (Å²) in [5, 5.41) is 8.73. The van der Waals surface area contributed by atoms with Gasteiger partial charge in [-0.2, -0.15) is 0 Å². The number of hydrogen-bond acceptors (Lipinski definition) is 2. The molecule has 0 bridgehead atoms. The first-order valence-corrected chi connectivity index (χ1v) is 3.84. The van der Waals surface area contributed by atoms with E-state index in [9.17, 15) is 4.39 Å². The molecule has 2 nitrogen and oxygen atoms in total. The smallest absolute Gasteiger partial charge is 0.142 e. The summed E-state index contributed by atoms with van der Waals surface area (Å²) in [5.41, 5.74) is 5.99. The number of aliphatic hydroxyl groups is 1. The Hall–Kier alpha value is -0.640. The molecule has 0 saturated heterocycles. The van der Waals surface area contributed by atoms with Crippen molar-refractivity contribution in [2.45, 2.75) is 6.04 Å². The van der Waals surface area contributed by atoms with Crippen LogP contribution >= 0.6 is 11.6 Å². The van der Waals surface area contributed by atoms with Crippen LogP contribution < -0.4 is 5.73 Å². The number of hydrogen-bond donors (Lipinski definition) is 2. The van der Waals surface area contributed by atoms with Gasteiger partial charge in [0.15, 0.2) is 0 Å². The van der Waals surface area contributed by atoms with Crippen LogP contribution in [-0.4, -0.2) is 11.7 Å². The van der Waals surface area contributed by atoms with Crippen molar-refractivity contribution < 1.29 is 9.50 Å². The van der Waals surface area contributed by atoms with E-state index in [0.29, 0.717) is 5.56 Å². The first kappa shape index (κ1) is 9.45. The lowest BCUT2D eigenvalue weighted by Gasteiger charge is -2.08. The Morgan fingerprint density at radius 1 is 1.58 bits per heavy atom. The minimum absolute atomic E-state index is 0.0592. The Morgan fingerprint density at radius 2 is 2.25 bits per heavy atom. The summed E-state index contributed by atoms with van der Waals surface area (Å²) < 4.78 is 12.8. The van der Waals surface area contributed by atoms with Gasteiger partial charge in [0.25, 0.3) is 0 Å². The first-order chi connectivity index (χ1) is 5.65. The second kappa shape index (κ2) is 3.85. The molecule has 0 unspecified atom stereocenters. The number of aliphatic hydroxyl groups excluding tert-OH is 1. The third-order valence-electron chi connectivity index (χ3n) is 1.57. The van der Waals surface area contributed by atoms with Crippen molar-refractivity contribution in [2.75, 3.05) is 6.61 Å². The fourth-order valence-electron chi connectivity index (χ4n) is 0.848. The largest absolute Gasteiger partial charge is 0.394 e. The zero-order chi connectivity index (χ0) is 9.14. The van der Waals surface area contributed by atoms with Crippen LogP contribution in [0, 0.1) is 5.82 Å². The van der Waals surface area contributed by atoms with Gasteiger partial charge >= 0.3 is 0 Å². The number of halogens is 2. The van der Waals surface area contributed by atoms with Crippen LogP contribution in [0.5, 0.6) is 0 Å². The third kappa shape index (κ3) is 1.94. The van der Waals surface area contributed by atoms with Gasteiger partial charge in [-0.1, -0.05) is 17.7 Å². The minimum atomic E-state index is -0.545. The molecule has 1 aromatic carbocycles. The Morgan fingerprint density at radius 3 is 2.75 bits per heavy atom. The molecule has 0 aliphatic carbocycles. The highest BCUT2D eigenvalue weighted by Crippen LogP contribution is 2.18. The zero-order valence-electron chi connectivity index (χ0n) is 6.30. The highest BCUT2D eigenvalue weighted by atomic mass is 35.5. The van der Waals surface area contributed by atoms with Crippen LogP contribution in [0.25, 0.3) is 0 Å². The lowest BCUT2D eigenvalue weighted by atomic mass is 10.1. The van der Waals surface area contributed by atoms with Crippen molar-refractivity contribution in [3.8, 4) is 0 Å². The zero-order valence-corrected chi connectivity index (χ0v) is 7.05. The number of benzene rings is 1. The van der Waals surface area contributed by atoms with Crippen molar-refractivity contribution in [2.24, 2.45) is 5.73 Å². The first-order valence-electron chi connectivity index (χ1n) is 3.46. The second-order valence-corrected chi connectivity index (χ2v) is 2.87. The van der Waals surface area contributed by atoms with E-state index in [1.807, 2.05) is 0 Å². The molecule has 0 radical (unpaired) electrons.